The minimum atomic E-state index is 0.302. The summed E-state index contributed by atoms with van der Waals surface area (Å²) in [5.74, 6) is 2.32. The monoisotopic (exact) mass is 327 g/mol. The second kappa shape index (κ2) is 5.58. The number of nitrogens with two attached hydrogens (primary N) is 1. The molecule has 130 valence electrons. The highest BCUT2D eigenvalue weighted by Crippen LogP contribution is 2.49. The summed E-state index contributed by atoms with van der Waals surface area (Å²) in [7, 11) is 0. The molecule has 0 radical (unpaired) electrons. The zero-order chi connectivity index (χ0) is 16.1. The van der Waals surface area contributed by atoms with Gasteiger partial charge in [0.05, 0.1) is 5.69 Å². The number of piperidine rings is 3. The van der Waals surface area contributed by atoms with E-state index >= 15 is 0 Å². The molecule has 1 aromatic rings. The predicted octanol–water partition coefficient (Wildman–Crippen LogP) is 2.71. The van der Waals surface area contributed by atoms with E-state index in [2.05, 4.69) is 15.2 Å². The van der Waals surface area contributed by atoms with Crippen molar-refractivity contribution >= 4 is 11.8 Å². The van der Waals surface area contributed by atoms with Crippen molar-refractivity contribution in [3.05, 3.63) is 11.3 Å². The summed E-state index contributed by atoms with van der Waals surface area (Å²) in [5, 5.41) is 3.81. The smallest absolute Gasteiger partial charge is 0.222 e. The zero-order valence-electron chi connectivity index (χ0n) is 14.6. The highest BCUT2D eigenvalue weighted by Gasteiger charge is 2.42. The van der Waals surface area contributed by atoms with Gasteiger partial charge in [-0.15, -0.1) is 0 Å². The van der Waals surface area contributed by atoms with Gasteiger partial charge in [0.15, 0.2) is 0 Å². The van der Waals surface area contributed by atoms with Crippen molar-refractivity contribution in [2.75, 3.05) is 30.7 Å². The summed E-state index contributed by atoms with van der Waals surface area (Å²) >= 11 is 0. The molecule has 0 unspecified atom stereocenters. The molecule has 0 amide bonds. The molecular weight excluding hydrogens is 298 g/mol. The van der Waals surface area contributed by atoms with E-state index in [0.29, 0.717) is 17.4 Å². The quantitative estimate of drug-likeness (QED) is 0.874. The Bertz CT molecular complexity index is 629. The molecule has 5 heteroatoms. The van der Waals surface area contributed by atoms with E-state index in [9.17, 15) is 0 Å². The molecule has 1 saturated carbocycles. The normalized spacial score (nSPS) is 33.6. The third-order valence-electron chi connectivity index (χ3n) is 7.15. The Kier molecular flexibility index (Phi) is 3.47. The van der Waals surface area contributed by atoms with E-state index in [0.717, 1.165) is 24.7 Å². The standard InChI is InChI=1S/C19H29N5/c20-18-22-16-14(4-3-9-19(16)7-1-2-8-19)17(23-18)21-15-12-24-10-5-13(15)6-11-24/h13,15H,1-12H2,(H3,20,21,22,23)/t15-/m0/s1. The van der Waals surface area contributed by atoms with Gasteiger partial charge in [-0.3, -0.25) is 0 Å². The maximum Gasteiger partial charge on any atom is 0.222 e. The number of nitrogens with zero attached hydrogens (tertiary/aromatic N) is 3. The Morgan fingerprint density at radius 1 is 1.04 bits per heavy atom. The molecule has 0 aromatic carbocycles. The van der Waals surface area contributed by atoms with Crippen molar-refractivity contribution in [3.8, 4) is 0 Å². The fourth-order valence-electron chi connectivity index (χ4n) is 5.86. The van der Waals surface area contributed by atoms with Crippen LogP contribution in [0.2, 0.25) is 0 Å². The highest BCUT2D eigenvalue weighted by atomic mass is 15.2. The number of nitrogen functional groups attached to an aromatic ring is 1. The minimum absolute atomic E-state index is 0.302. The number of rotatable bonds is 2. The minimum Gasteiger partial charge on any atom is -0.368 e. The summed E-state index contributed by atoms with van der Waals surface area (Å²) in [6.45, 7) is 3.71. The summed E-state index contributed by atoms with van der Waals surface area (Å²) in [6, 6.07) is 0.535. The molecule has 3 aliphatic heterocycles. The summed E-state index contributed by atoms with van der Waals surface area (Å²) in [5.41, 5.74) is 9.12. The maximum atomic E-state index is 6.14. The maximum absolute atomic E-state index is 6.14. The molecule has 2 bridgehead atoms. The van der Waals surface area contributed by atoms with Gasteiger partial charge in [0, 0.05) is 23.6 Å². The van der Waals surface area contributed by atoms with E-state index in [4.69, 9.17) is 10.7 Å². The van der Waals surface area contributed by atoms with Crippen LogP contribution in [0, 0.1) is 5.92 Å². The summed E-state index contributed by atoms with van der Waals surface area (Å²) < 4.78 is 0. The highest BCUT2D eigenvalue weighted by molar-refractivity contribution is 5.54. The number of fused-ring (bicyclic) bond motifs is 5. The van der Waals surface area contributed by atoms with E-state index in [1.165, 1.54) is 75.7 Å². The van der Waals surface area contributed by atoms with Gasteiger partial charge in [-0.1, -0.05) is 12.8 Å². The number of anilines is 2. The average Bonchev–Trinajstić information content (AvgIpc) is 3.06. The van der Waals surface area contributed by atoms with Crippen molar-refractivity contribution in [1.82, 2.24) is 14.9 Å². The lowest BCUT2D eigenvalue weighted by molar-refractivity contribution is 0.0973. The molecule has 5 aliphatic rings. The molecule has 1 atom stereocenters. The molecule has 5 nitrogen and oxygen atoms in total. The summed E-state index contributed by atoms with van der Waals surface area (Å²) in [4.78, 5) is 12.0. The third-order valence-corrected chi connectivity index (χ3v) is 7.15. The number of hydrogen-bond donors (Lipinski definition) is 2. The Hall–Kier alpha value is -1.36. The van der Waals surface area contributed by atoms with Crippen LogP contribution in [0.1, 0.15) is 62.6 Å². The first-order valence-corrected chi connectivity index (χ1v) is 9.89. The fourth-order valence-corrected chi connectivity index (χ4v) is 5.86. The Labute approximate surface area is 144 Å². The van der Waals surface area contributed by atoms with Crippen LogP contribution in [0.25, 0.3) is 0 Å². The Morgan fingerprint density at radius 3 is 2.50 bits per heavy atom. The van der Waals surface area contributed by atoms with Gasteiger partial charge in [-0.05, 0) is 64.0 Å². The van der Waals surface area contributed by atoms with Crippen LogP contribution in [0.4, 0.5) is 11.8 Å². The van der Waals surface area contributed by atoms with Crippen LogP contribution in [0.15, 0.2) is 0 Å². The molecule has 4 heterocycles. The molecule has 3 saturated heterocycles. The van der Waals surface area contributed by atoms with Crippen molar-refractivity contribution in [1.29, 1.82) is 0 Å². The first kappa shape index (κ1) is 14.9. The van der Waals surface area contributed by atoms with Crippen LogP contribution < -0.4 is 11.1 Å². The van der Waals surface area contributed by atoms with Crippen molar-refractivity contribution < 1.29 is 0 Å². The predicted molar refractivity (Wildman–Crippen MR) is 96.1 cm³/mol. The van der Waals surface area contributed by atoms with Gasteiger partial charge < -0.3 is 16.0 Å². The van der Waals surface area contributed by atoms with E-state index in [-0.39, 0.29) is 0 Å². The first-order chi connectivity index (χ1) is 11.7. The van der Waals surface area contributed by atoms with Crippen LogP contribution in [0.5, 0.6) is 0 Å². The average molecular weight is 327 g/mol. The van der Waals surface area contributed by atoms with Gasteiger partial charge >= 0.3 is 0 Å². The van der Waals surface area contributed by atoms with Crippen molar-refractivity contribution in [2.24, 2.45) is 5.92 Å². The topological polar surface area (TPSA) is 67.1 Å². The lowest BCUT2D eigenvalue weighted by Crippen LogP contribution is -2.53. The lowest BCUT2D eigenvalue weighted by Gasteiger charge is -2.45. The molecule has 3 N–H and O–H groups in total. The van der Waals surface area contributed by atoms with Gasteiger partial charge in [0.1, 0.15) is 5.82 Å². The van der Waals surface area contributed by atoms with E-state index in [1.54, 1.807) is 0 Å². The van der Waals surface area contributed by atoms with Crippen LogP contribution in [-0.2, 0) is 11.8 Å². The largest absolute Gasteiger partial charge is 0.368 e. The zero-order valence-corrected chi connectivity index (χ0v) is 14.6. The molecule has 2 aliphatic carbocycles. The van der Waals surface area contributed by atoms with Gasteiger partial charge in [-0.2, -0.15) is 4.98 Å². The van der Waals surface area contributed by atoms with Crippen molar-refractivity contribution in [3.63, 3.8) is 0 Å². The molecule has 1 aromatic heterocycles. The number of nitrogens with one attached hydrogen (secondary N) is 1. The van der Waals surface area contributed by atoms with Crippen molar-refractivity contribution in [2.45, 2.75) is 69.2 Å². The second-order valence-electron chi connectivity index (χ2n) is 8.49. The third kappa shape index (κ3) is 2.32. The van der Waals surface area contributed by atoms with E-state index in [1.807, 2.05) is 0 Å². The Morgan fingerprint density at radius 2 is 1.79 bits per heavy atom. The summed E-state index contributed by atoms with van der Waals surface area (Å²) in [6.07, 6.45) is 11.6. The second-order valence-corrected chi connectivity index (χ2v) is 8.49. The van der Waals surface area contributed by atoms with Gasteiger partial charge in [0.25, 0.3) is 0 Å². The molecule has 24 heavy (non-hydrogen) atoms. The van der Waals surface area contributed by atoms with E-state index < -0.39 is 0 Å². The number of hydrogen-bond acceptors (Lipinski definition) is 5. The van der Waals surface area contributed by atoms with Gasteiger partial charge in [0.2, 0.25) is 5.95 Å². The molecular formula is C19H29N5. The molecule has 1 spiro atoms. The SMILES string of the molecule is Nc1nc(N[C@H]2CN3CCC2CC3)c2c(n1)C1(CCCC1)CCC2. The number of aromatic nitrogens is 2. The fraction of sp³-hybridized carbons (Fsp3) is 0.789. The lowest BCUT2D eigenvalue weighted by atomic mass is 9.71. The first-order valence-electron chi connectivity index (χ1n) is 9.89. The van der Waals surface area contributed by atoms with Crippen LogP contribution >= 0.6 is 0 Å². The van der Waals surface area contributed by atoms with Gasteiger partial charge in [-0.25, -0.2) is 4.98 Å². The van der Waals surface area contributed by atoms with Crippen LogP contribution in [-0.4, -0.2) is 40.5 Å². The van der Waals surface area contributed by atoms with Crippen LogP contribution in [0.3, 0.4) is 0 Å². The Balaban J connectivity index is 1.49. The molecule has 6 rings (SSSR count). The molecule has 4 fully saturated rings.